The number of benzene rings is 3. The Bertz CT molecular complexity index is 1780. The van der Waals surface area contributed by atoms with Gasteiger partial charge in [-0.1, -0.05) is 30.3 Å². The maximum Gasteiger partial charge on any atom is 0.330 e. The number of amides is 2. The van der Waals surface area contributed by atoms with Crippen LogP contribution in [0.25, 0.3) is 27.7 Å². The molecule has 0 atom stereocenters. The second-order valence-corrected chi connectivity index (χ2v) is 12.3. The topological polar surface area (TPSA) is 146 Å². The van der Waals surface area contributed by atoms with Gasteiger partial charge in [0, 0.05) is 10.9 Å². The van der Waals surface area contributed by atoms with E-state index in [2.05, 4.69) is 5.32 Å². The molecule has 4 bridgehead atoms. The molecule has 4 aromatic rings. The van der Waals surface area contributed by atoms with Crippen molar-refractivity contribution in [1.82, 2.24) is 15.1 Å². The van der Waals surface area contributed by atoms with Crippen LogP contribution in [0.15, 0.2) is 60.7 Å². The number of fused-ring (bicyclic) bond motifs is 1. The smallest absolute Gasteiger partial charge is 0.330 e. The highest BCUT2D eigenvalue weighted by molar-refractivity contribution is 6.09. The highest BCUT2D eigenvalue weighted by Crippen LogP contribution is 2.58. The van der Waals surface area contributed by atoms with Crippen LogP contribution in [0, 0.1) is 23.7 Å². The van der Waals surface area contributed by atoms with E-state index in [0.717, 1.165) is 32.1 Å². The first kappa shape index (κ1) is 27.9. The number of aromatic nitrogens is 2. The molecule has 4 fully saturated rings. The number of rotatable bonds is 8. The summed E-state index contributed by atoms with van der Waals surface area (Å²) in [6.07, 6.45) is 4.42. The molecule has 1 heterocycles. The molecule has 4 aliphatic rings. The van der Waals surface area contributed by atoms with Crippen LogP contribution in [0.3, 0.4) is 0 Å². The lowest BCUT2D eigenvalue weighted by molar-refractivity contribution is -0.163. The van der Waals surface area contributed by atoms with Crippen molar-refractivity contribution in [1.29, 1.82) is 0 Å². The molecule has 0 aliphatic heterocycles. The quantitative estimate of drug-likeness (QED) is 0.265. The molecule has 4 saturated carbocycles. The highest BCUT2D eigenvalue weighted by atomic mass is 16.5. The number of aliphatic carboxylic acids is 1. The molecule has 1 aromatic heterocycles. The average molecular weight is 595 g/mol. The van der Waals surface area contributed by atoms with Crippen molar-refractivity contribution in [3.05, 3.63) is 71.9 Å². The first-order valence-electron chi connectivity index (χ1n) is 14.9. The summed E-state index contributed by atoms with van der Waals surface area (Å²) in [4.78, 5) is 39.4. The number of nitrogens with one attached hydrogen (secondary N) is 1. The predicted octanol–water partition coefficient (Wildman–Crippen LogP) is 4.82. The fourth-order valence-corrected chi connectivity index (χ4v) is 8.43. The Kier molecular flexibility index (Phi) is 6.60. The molecule has 8 rings (SSSR count). The van der Waals surface area contributed by atoms with Gasteiger partial charge in [-0.05, 0) is 91.5 Å². The van der Waals surface area contributed by atoms with Crippen LogP contribution in [0.4, 0.5) is 0 Å². The zero-order valence-electron chi connectivity index (χ0n) is 24.6. The first-order valence-corrected chi connectivity index (χ1v) is 14.9. The van der Waals surface area contributed by atoms with Crippen molar-refractivity contribution in [3.63, 3.8) is 0 Å². The minimum Gasteiger partial charge on any atom is -0.496 e. The molecule has 0 spiro atoms. The fraction of sp³-hybridized carbons (Fsp3) is 0.353. The monoisotopic (exact) mass is 594 g/mol. The van der Waals surface area contributed by atoms with Crippen molar-refractivity contribution in [3.8, 4) is 28.4 Å². The molecular formula is C34H34N4O6. The summed E-state index contributed by atoms with van der Waals surface area (Å²) < 4.78 is 13.0. The Labute approximate surface area is 254 Å². The van der Waals surface area contributed by atoms with Gasteiger partial charge in [-0.15, -0.1) is 0 Å². The Hall–Kier alpha value is -4.86. The number of primary amides is 1. The molecule has 0 saturated heterocycles. The van der Waals surface area contributed by atoms with Gasteiger partial charge in [0.05, 0.1) is 31.2 Å². The molecular weight excluding hydrogens is 560 g/mol. The van der Waals surface area contributed by atoms with Gasteiger partial charge in [-0.25, -0.2) is 9.48 Å². The van der Waals surface area contributed by atoms with E-state index in [0.29, 0.717) is 56.6 Å². The van der Waals surface area contributed by atoms with Gasteiger partial charge in [0.1, 0.15) is 17.0 Å². The zero-order valence-corrected chi connectivity index (χ0v) is 24.6. The van der Waals surface area contributed by atoms with Crippen LogP contribution in [0.5, 0.6) is 11.5 Å². The predicted molar refractivity (Wildman–Crippen MR) is 163 cm³/mol. The summed E-state index contributed by atoms with van der Waals surface area (Å²) in [5.41, 5.74) is 6.43. The normalized spacial score (nSPS) is 25.1. The van der Waals surface area contributed by atoms with Crippen molar-refractivity contribution < 1.29 is 29.0 Å². The molecule has 3 aromatic carbocycles. The van der Waals surface area contributed by atoms with Crippen LogP contribution < -0.4 is 20.5 Å². The molecule has 10 nitrogen and oxygen atoms in total. The van der Waals surface area contributed by atoms with Crippen LogP contribution in [0.1, 0.15) is 53.0 Å². The Morgan fingerprint density at radius 2 is 1.50 bits per heavy atom. The third-order valence-corrected chi connectivity index (χ3v) is 10.1. The van der Waals surface area contributed by atoms with Crippen molar-refractivity contribution in [2.75, 3.05) is 14.2 Å². The van der Waals surface area contributed by atoms with Gasteiger partial charge in [0.25, 0.3) is 5.91 Å². The summed E-state index contributed by atoms with van der Waals surface area (Å²) in [5.74, 6) is -0.246. The molecule has 44 heavy (non-hydrogen) atoms. The lowest BCUT2D eigenvalue weighted by Gasteiger charge is -2.59. The Morgan fingerprint density at radius 1 is 0.886 bits per heavy atom. The Morgan fingerprint density at radius 3 is 2.07 bits per heavy atom. The number of methoxy groups -OCH3 is 2. The van der Waals surface area contributed by atoms with E-state index >= 15 is 0 Å². The lowest BCUT2D eigenvalue weighted by atomic mass is 9.48. The third-order valence-electron chi connectivity index (χ3n) is 10.1. The number of carbonyl (C=O) groups is 3. The minimum absolute atomic E-state index is 0.0606. The van der Waals surface area contributed by atoms with Gasteiger partial charge in [-0.2, -0.15) is 5.10 Å². The fourth-order valence-electron chi connectivity index (χ4n) is 8.43. The maximum atomic E-state index is 14.1. The summed E-state index contributed by atoms with van der Waals surface area (Å²) in [7, 11) is 3.10. The molecule has 226 valence electrons. The molecule has 0 radical (unpaired) electrons. The SMILES string of the molecule is COc1cccc(OC)c1-c1cc(C(=O)NC2(C(=O)O)C3CC4CC(C3)CC2C4)nn1-c1ccc(C(N)=O)c2ccccc12. The van der Waals surface area contributed by atoms with Gasteiger partial charge >= 0.3 is 5.97 Å². The number of carboxylic acids is 1. The largest absolute Gasteiger partial charge is 0.496 e. The number of nitrogens with two attached hydrogens (primary N) is 1. The van der Waals surface area contributed by atoms with E-state index in [4.69, 9.17) is 20.3 Å². The number of hydrogen-bond acceptors (Lipinski definition) is 6. The molecule has 10 heteroatoms. The van der Waals surface area contributed by atoms with Gasteiger partial charge in [0.15, 0.2) is 5.69 Å². The summed E-state index contributed by atoms with van der Waals surface area (Å²) in [6, 6.07) is 17.7. The van der Waals surface area contributed by atoms with E-state index in [1.807, 2.05) is 24.3 Å². The van der Waals surface area contributed by atoms with Crippen LogP contribution in [0.2, 0.25) is 0 Å². The lowest BCUT2D eigenvalue weighted by Crippen LogP contribution is -2.70. The standard InChI is InChI=1S/C34H34N4O6/c1-43-28-8-5-9-29(44-2)30(28)27-17-25(37-38(27)26-11-10-24(31(35)39)22-6-3-4-7-23(22)26)32(40)36-34(33(41)42)20-13-18-12-19(15-20)16-21(34)14-18/h3-11,17-21H,12-16H2,1-2H3,(H2,35,39)(H,36,40)(H,41,42). The van der Waals surface area contributed by atoms with E-state index in [1.165, 1.54) is 0 Å². The van der Waals surface area contributed by atoms with Gasteiger partial charge in [0.2, 0.25) is 5.91 Å². The number of hydrogen-bond donors (Lipinski definition) is 3. The van der Waals surface area contributed by atoms with E-state index in [-0.39, 0.29) is 17.5 Å². The third kappa shape index (κ3) is 4.15. The molecule has 2 amide bonds. The van der Waals surface area contributed by atoms with Crippen LogP contribution in [-0.4, -0.2) is 52.4 Å². The van der Waals surface area contributed by atoms with Crippen LogP contribution >= 0.6 is 0 Å². The summed E-state index contributed by atoms with van der Waals surface area (Å²) >= 11 is 0. The zero-order chi connectivity index (χ0) is 30.7. The van der Waals surface area contributed by atoms with Gasteiger partial charge < -0.3 is 25.6 Å². The van der Waals surface area contributed by atoms with Crippen molar-refractivity contribution in [2.24, 2.45) is 29.4 Å². The molecule has 0 unspecified atom stereocenters. The minimum atomic E-state index is -1.33. The Balaban J connectivity index is 1.40. The first-order chi connectivity index (χ1) is 21.2. The van der Waals surface area contributed by atoms with E-state index in [1.54, 1.807) is 55.3 Å². The number of carbonyl (C=O) groups excluding carboxylic acids is 2. The average Bonchev–Trinajstić information content (AvgIpc) is 3.46. The highest BCUT2D eigenvalue weighted by Gasteiger charge is 2.62. The van der Waals surface area contributed by atoms with Gasteiger partial charge in [-0.3, -0.25) is 9.59 Å². The molecule has 4 N–H and O–H groups in total. The van der Waals surface area contributed by atoms with E-state index in [9.17, 15) is 19.5 Å². The summed E-state index contributed by atoms with van der Waals surface area (Å²) in [5, 5.41) is 19.8. The maximum absolute atomic E-state index is 14.1. The van der Waals surface area contributed by atoms with E-state index < -0.39 is 23.3 Å². The second-order valence-electron chi connectivity index (χ2n) is 12.3. The van der Waals surface area contributed by atoms with Crippen LogP contribution in [-0.2, 0) is 4.79 Å². The second kappa shape index (κ2) is 10.4. The number of ether oxygens (including phenoxy) is 2. The molecule has 4 aliphatic carbocycles. The van der Waals surface area contributed by atoms with Crippen molar-refractivity contribution >= 4 is 28.6 Å². The van der Waals surface area contributed by atoms with Crippen molar-refractivity contribution in [2.45, 2.75) is 37.6 Å². The summed E-state index contributed by atoms with van der Waals surface area (Å²) in [6.45, 7) is 0. The number of nitrogens with zero attached hydrogens (tertiary/aromatic N) is 2. The number of carboxylic acid groups (broad SMARTS) is 1.